The number of piperidine rings is 1. The van der Waals surface area contributed by atoms with Crippen molar-refractivity contribution in [1.29, 1.82) is 0 Å². The van der Waals surface area contributed by atoms with Gasteiger partial charge in [0.05, 0.1) is 45.3 Å². The zero-order valence-electron chi connectivity index (χ0n) is 25.5. The molecule has 2 aromatic carbocycles. The van der Waals surface area contributed by atoms with Crippen molar-refractivity contribution in [2.24, 2.45) is 15.7 Å². The maximum absolute atomic E-state index is 13.0. The molecule has 0 unspecified atom stereocenters. The van der Waals surface area contributed by atoms with Crippen LogP contribution in [0.3, 0.4) is 0 Å². The standard InChI is InChI=1S/C32H44N6O5/c1-4-43-29-19-24-25(20-28(29)41-3)30(34-27-9-10-36(2)21-26(24)27)22-5-7-23(8-6-22)31(40)35-32(33)38-13-11-37(12-14-38)15-17-42-18-16-39/h5-8,19-20,26-27,39H,4,9-18,21H2,1-3H3,(H2,33,35,40)/t26-,27-/m1/s1. The molecule has 3 N–H and O–H groups in total. The normalized spacial score (nSPS) is 21.2. The summed E-state index contributed by atoms with van der Waals surface area (Å²) in [5.74, 6) is 1.59. The van der Waals surface area contributed by atoms with Crippen LogP contribution in [-0.4, -0.2) is 130 Å². The minimum Gasteiger partial charge on any atom is -0.493 e. The monoisotopic (exact) mass is 592 g/mol. The Morgan fingerprint density at radius 1 is 1.09 bits per heavy atom. The molecule has 43 heavy (non-hydrogen) atoms. The van der Waals surface area contributed by atoms with Gasteiger partial charge in [-0.1, -0.05) is 12.1 Å². The van der Waals surface area contributed by atoms with E-state index >= 15 is 0 Å². The van der Waals surface area contributed by atoms with Gasteiger partial charge >= 0.3 is 0 Å². The number of hydrogen-bond acceptors (Lipinski definition) is 8. The lowest BCUT2D eigenvalue weighted by atomic mass is 9.79. The third-order valence-electron chi connectivity index (χ3n) is 8.47. The molecule has 11 heteroatoms. The van der Waals surface area contributed by atoms with Crippen LogP contribution in [0.15, 0.2) is 46.4 Å². The van der Waals surface area contributed by atoms with Crippen molar-refractivity contribution in [3.8, 4) is 11.5 Å². The number of aliphatic imine (C=N–C) groups is 2. The van der Waals surface area contributed by atoms with Crippen molar-refractivity contribution in [1.82, 2.24) is 14.7 Å². The van der Waals surface area contributed by atoms with Crippen LogP contribution in [0.5, 0.6) is 11.5 Å². The second kappa shape index (κ2) is 14.3. The van der Waals surface area contributed by atoms with Crippen LogP contribution in [0.1, 0.15) is 46.3 Å². The highest BCUT2D eigenvalue weighted by Crippen LogP contribution is 2.42. The van der Waals surface area contributed by atoms with Gasteiger partial charge in [-0.15, -0.1) is 0 Å². The molecule has 0 bridgehead atoms. The highest BCUT2D eigenvalue weighted by atomic mass is 16.5. The molecule has 0 aliphatic carbocycles. The number of hydrogen-bond donors (Lipinski definition) is 2. The van der Waals surface area contributed by atoms with E-state index in [-0.39, 0.29) is 30.4 Å². The van der Waals surface area contributed by atoms with E-state index in [2.05, 4.69) is 27.9 Å². The molecule has 2 atom stereocenters. The quantitative estimate of drug-likeness (QED) is 0.241. The summed E-state index contributed by atoms with van der Waals surface area (Å²) in [7, 11) is 3.81. The highest BCUT2D eigenvalue weighted by Gasteiger charge is 2.36. The van der Waals surface area contributed by atoms with Crippen LogP contribution in [0.25, 0.3) is 0 Å². The minimum atomic E-state index is -0.367. The summed E-state index contributed by atoms with van der Waals surface area (Å²) >= 11 is 0. The Hall–Kier alpha value is -3.51. The zero-order chi connectivity index (χ0) is 30.3. The molecule has 3 heterocycles. The van der Waals surface area contributed by atoms with Crippen molar-refractivity contribution < 1.29 is 24.1 Å². The third-order valence-corrected chi connectivity index (χ3v) is 8.47. The van der Waals surface area contributed by atoms with E-state index in [1.165, 1.54) is 5.56 Å². The molecular weight excluding hydrogens is 548 g/mol. The van der Waals surface area contributed by atoms with E-state index in [0.29, 0.717) is 44.2 Å². The Morgan fingerprint density at radius 2 is 1.86 bits per heavy atom. The van der Waals surface area contributed by atoms with Crippen LogP contribution in [0, 0.1) is 0 Å². The van der Waals surface area contributed by atoms with Gasteiger partial charge in [0.2, 0.25) is 0 Å². The number of fused-ring (bicyclic) bond motifs is 3. The van der Waals surface area contributed by atoms with Gasteiger partial charge in [-0.25, -0.2) is 0 Å². The molecule has 0 saturated carbocycles. The summed E-state index contributed by atoms with van der Waals surface area (Å²) in [5.41, 5.74) is 10.8. The number of carbonyl (C=O) groups is 1. The first-order chi connectivity index (χ1) is 20.9. The van der Waals surface area contributed by atoms with E-state index in [1.807, 2.05) is 30.0 Å². The van der Waals surface area contributed by atoms with Crippen LogP contribution in [0.4, 0.5) is 0 Å². The molecule has 5 rings (SSSR count). The Labute approximate surface area is 253 Å². The molecule has 3 aliphatic rings. The molecule has 3 aliphatic heterocycles. The first-order valence-corrected chi connectivity index (χ1v) is 15.2. The van der Waals surface area contributed by atoms with Gasteiger partial charge < -0.3 is 34.9 Å². The summed E-state index contributed by atoms with van der Waals surface area (Å²) in [4.78, 5) is 29.1. The number of nitrogens with zero attached hydrogens (tertiary/aromatic N) is 5. The predicted octanol–water partition coefficient (Wildman–Crippen LogP) is 1.81. The van der Waals surface area contributed by atoms with Crippen molar-refractivity contribution in [3.05, 3.63) is 58.7 Å². The number of rotatable bonds is 10. The van der Waals surface area contributed by atoms with E-state index in [9.17, 15) is 4.79 Å². The summed E-state index contributed by atoms with van der Waals surface area (Å²) in [6.07, 6.45) is 0.983. The number of methoxy groups -OCH3 is 1. The molecule has 2 saturated heterocycles. The molecule has 11 nitrogen and oxygen atoms in total. The van der Waals surface area contributed by atoms with Crippen LogP contribution in [-0.2, 0) is 4.74 Å². The van der Waals surface area contributed by atoms with Crippen molar-refractivity contribution in [2.75, 3.05) is 86.4 Å². The van der Waals surface area contributed by atoms with Crippen LogP contribution < -0.4 is 15.2 Å². The van der Waals surface area contributed by atoms with E-state index in [1.54, 1.807) is 19.2 Å². The lowest BCUT2D eigenvalue weighted by Gasteiger charge is -2.39. The number of benzene rings is 2. The smallest absolute Gasteiger partial charge is 0.280 e. The fourth-order valence-electron chi connectivity index (χ4n) is 6.11. The Bertz CT molecular complexity index is 1320. The summed E-state index contributed by atoms with van der Waals surface area (Å²) < 4.78 is 17.0. The number of nitrogens with two attached hydrogens (primary N) is 1. The molecular formula is C32H44N6O5. The number of guanidine groups is 1. The second-order valence-corrected chi connectivity index (χ2v) is 11.2. The summed E-state index contributed by atoms with van der Waals surface area (Å²) in [6.45, 7) is 9.23. The van der Waals surface area contributed by atoms with Gasteiger partial charge in [-0.05, 0) is 56.8 Å². The topological polar surface area (TPSA) is 125 Å². The van der Waals surface area contributed by atoms with Gasteiger partial charge in [-0.3, -0.25) is 14.7 Å². The highest BCUT2D eigenvalue weighted by molar-refractivity contribution is 6.15. The van der Waals surface area contributed by atoms with Gasteiger partial charge in [-0.2, -0.15) is 4.99 Å². The molecule has 2 aromatic rings. The fourth-order valence-corrected chi connectivity index (χ4v) is 6.11. The number of ether oxygens (including phenoxy) is 3. The van der Waals surface area contributed by atoms with Crippen LogP contribution >= 0.6 is 0 Å². The first kappa shape index (κ1) is 30.9. The lowest BCUT2D eigenvalue weighted by molar-refractivity contribution is 0.0650. The Morgan fingerprint density at radius 3 is 2.56 bits per heavy atom. The lowest BCUT2D eigenvalue weighted by Crippen LogP contribution is -2.51. The first-order valence-electron chi connectivity index (χ1n) is 15.2. The fraction of sp³-hybridized carbons (Fsp3) is 0.531. The van der Waals surface area contributed by atoms with Crippen molar-refractivity contribution >= 4 is 17.6 Å². The van der Waals surface area contributed by atoms with Gasteiger partial charge in [0.1, 0.15) is 0 Å². The third kappa shape index (κ3) is 7.18. The van der Waals surface area contributed by atoms with Gasteiger partial charge in [0.25, 0.3) is 5.91 Å². The number of likely N-dealkylation sites (N-methyl/N-ethyl adjacent to an activating group) is 1. The number of piperazine rings is 1. The zero-order valence-corrected chi connectivity index (χ0v) is 25.5. The van der Waals surface area contributed by atoms with E-state index in [4.69, 9.17) is 30.0 Å². The SMILES string of the molecule is CCOc1cc2c(cc1OC)C(c1ccc(C(=O)N=C(N)N3CCN(CCOCCO)CC3)cc1)=N[C@@H]1CCN(C)C[C@H]21. The molecule has 1 amide bonds. The number of aliphatic hydroxyl groups excluding tert-OH is 1. The largest absolute Gasteiger partial charge is 0.493 e. The molecule has 0 radical (unpaired) electrons. The Balaban J connectivity index is 1.31. The summed E-state index contributed by atoms with van der Waals surface area (Å²) in [6, 6.07) is 11.8. The van der Waals surface area contributed by atoms with E-state index in [0.717, 1.165) is 61.7 Å². The molecule has 0 aromatic heterocycles. The summed E-state index contributed by atoms with van der Waals surface area (Å²) in [5, 5.41) is 8.83. The average Bonchev–Trinajstić information content (AvgIpc) is 3.03. The van der Waals surface area contributed by atoms with Gasteiger partial charge in [0, 0.05) is 61.9 Å². The molecule has 232 valence electrons. The van der Waals surface area contributed by atoms with Crippen molar-refractivity contribution in [3.63, 3.8) is 0 Å². The van der Waals surface area contributed by atoms with Crippen molar-refractivity contribution in [2.45, 2.75) is 25.3 Å². The van der Waals surface area contributed by atoms with Gasteiger partial charge in [0.15, 0.2) is 17.5 Å². The molecule has 2 fully saturated rings. The maximum Gasteiger partial charge on any atom is 0.280 e. The second-order valence-electron chi connectivity index (χ2n) is 11.2. The minimum absolute atomic E-state index is 0.0318. The van der Waals surface area contributed by atoms with E-state index < -0.39 is 0 Å². The number of aliphatic hydroxyl groups is 1. The maximum atomic E-state index is 13.0. The predicted molar refractivity (Wildman–Crippen MR) is 167 cm³/mol. The average molecular weight is 593 g/mol. The van der Waals surface area contributed by atoms with Crippen LogP contribution in [0.2, 0.25) is 0 Å². The molecule has 0 spiro atoms. The number of carbonyl (C=O) groups excluding carboxylic acids is 1. The number of likely N-dealkylation sites (tertiary alicyclic amines) is 1. The Kier molecular flexibility index (Phi) is 10.3. The number of amides is 1.